The molecule has 1 aromatic carbocycles. The lowest BCUT2D eigenvalue weighted by Crippen LogP contribution is -2.24. The van der Waals surface area contributed by atoms with E-state index in [4.69, 9.17) is 21.4 Å². The molecule has 2 N–H and O–H groups in total. The van der Waals surface area contributed by atoms with E-state index in [1.54, 1.807) is 54.6 Å². The second-order valence-corrected chi connectivity index (χ2v) is 8.91. The zero-order chi connectivity index (χ0) is 23.7. The zero-order valence-electron chi connectivity index (χ0n) is 18.7. The highest BCUT2D eigenvalue weighted by Crippen LogP contribution is 2.36. The number of carbonyl (C=O) groups excluding carboxylic acids is 1. The highest BCUT2D eigenvalue weighted by atomic mass is 35.5. The van der Waals surface area contributed by atoms with Crippen LogP contribution in [0.3, 0.4) is 0 Å². The molecule has 1 aliphatic rings. The molecule has 3 aromatic heterocycles. The topological polar surface area (TPSA) is 107 Å². The number of aliphatic hydroxyl groups is 1. The molecule has 9 nitrogen and oxygen atoms in total. The maximum Gasteiger partial charge on any atom is 0.261 e. The summed E-state index contributed by atoms with van der Waals surface area (Å²) in [7, 11) is 1.57. The molecule has 0 aliphatic heterocycles. The van der Waals surface area contributed by atoms with Crippen LogP contribution in [0.5, 0.6) is 5.75 Å². The summed E-state index contributed by atoms with van der Waals surface area (Å²) < 4.78 is 8.73. The number of amides is 1. The molecule has 0 spiro atoms. The van der Waals surface area contributed by atoms with E-state index in [0.29, 0.717) is 45.5 Å². The molecule has 10 heteroatoms. The maximum absolute atomic E-state index is 13.2. The second kappa shape index (κ2) is 9.44. The predicted molar refractivity (Wildman–Crippen MR) is 128 cm³/mol. The van der Waals surface area contributed by atoms with Crippen molar-refractivity contribution in [1.29, 1.82) is 0 Å². The summed E-state index contributed by atoms with van der Waals surface area (Å²) in [6.45, 7) is 0.328. The monoisotopic (exact) mass is 480 g/mol. The number of methoxy groups -OCH3 is 1. The van der Waals surface area contributed by atoms with E-state index in [1.165, 1.54) is 10.7 Å². The number of aromatic nitrogens is 5. The average Bonchev–Trinajstić information content (AvgIpc) is 3.59. The van der Waals surface area contributed by atoms with Gasteiger partial charge in [0.25, 0.3) is 5.91 Å². The summed E-state index contributed by atoms with van der Waals surface area (Å²) in [4.78, 5) is 17.4. The number of anilines is 1. The number of carbonyl (C=O) groups is 1. The van der Waals surface area contributed by atoms with E-state index in [-0.39, 0.29) is 11.8 Å². The molecule has 0 unspecified atom stereocenters. The number of nitrogens with zero attached hydrogens (tertiary/aromatic N) is 5. The molecule has 0 radical (unpaired) electrons. The molecule has 1 amide bonds. The molecule has 34 heavy (non-hydrogen) atoms. The van der Waals surface area contributed by atoms with Crippen LogP contribution < -0.4 is 10.1 Å². The standard InChI is InChI=1S/C24H25ClN6O3/c1-34-21-8-7-16(25)11-17(21)22-19(13-30(29-22)14-20(32)15-5-2-3-6-15)28-24(33)18-12-27-31-10-4-9-26-23(18)31/h4,7-13,15,20,32H,2-3,5-6,14H2,1H3,(H,28,33)/t20-/m0/s1. The third-order valence-electron chi connectivity index (χ3n) is 6.27. The van der Waals surface area contributed by atoms with Gasteiger partial charge in [-0.2, -0.15) is 10.2 Å². The largest absolute Gasteiger partial charge is 0.496 e. The zero-order valence-corrected chi connectivity index (χ0v) is 19.4. The molecular weight excluding hydrogens is 456 g/mol. The number of fused-ring (bicyclic) bond motifs is 1. The van der Waals surface area contributed by atoms with Crippen LogP contribution in [-0.4, -0.2) is 48.6 Å². The Bertz CT molecular complexity index is 1330. The lowest BCUT2D eigenvalue weighted by molar-refractivity contribution is 0.0895. The molecule has 1 atom stereocenters. The van der Waals surface area contributed by atoms with E-state index in [2.05, 4.69) is 15.4 Å². The van der Waals surface area contributed by atoms with Gasteiger partial charge in [-0.05, 0) is 43.0 Å². The van der Waals surface area contributed by atoms with Crippen molar-refractivity contribution in [3.8, 4) is 17.0 Å². The summed E-state index contributed by atoms with van der Waals surface area (Å²) in [5.74, 6) is 0.460. The van der Waals surface area contributed by atoms with Gasteiger partial charge in [0.2, 0.25) is 0 Å². The Morgan fingerprint density at radius 3 is 2.97 bits per heavy atom. The van der Waals surface area contributed by atoms with Gasteiger partial charge in [0.15, 0.2) is 5.65 Å². The van der Waals surface area contributed by atoms with Crippen molar-refractivity contribution in [2.45, 2.75) is 38.3 Å². The first kappa shape index (κ1) is 22.4. The first-order valence-electron chi connectivity index (χ1n) is 11.2. The van der Waals surface area contributed by atoms with Crippen LogP contribution >= 0.6 is 11.6 Å². The van der Waals surface area contributed by atoms with Crippen LogP contribution in [0.4, 0.5) is 5.69 Å². The van der Waals surface area contributed by atoms with Gasteiger partial charge in [-0.15, -0.1) is 0 Å². The number of nitrogens with one attached hydrogen (secondary N) is 1. The first-order valence-corrected chi connectivity index (χ1v) is 11.6. The van der Waals surface area contributed by atoms with Gasteiger partial charge < -0.3 is 15.2 Å². The van der Waals surface area contributed by atoms with Crippen molar-refractivity contribution in [1.82, 2.24) is 24.4 Å². The molecule has 0 saturated heterocycles. The fourth-order valence-electron chi connectivity index (χ4n) is 4.53. The summed E-state index contributed by atoms with van der Waals surface area (Å²) in [6.07, 6.45) is 10.3. The number of ether oxygens (including phenoxy) is 1. The van der Waals surface area contributed by atoms with Crippen molar-refractivity contribution in [3.05, 3.63) is 59.6 Å². The summed E-state index contributed by atoms with van der Waals surface area (Å²) in [5.41, 5.74) is 2.39. The van der Waals surface area contributed by atoms with Gasteiger partial charge in [-0.25, -0.2) is 9.50 Å². The Labute approximate surface area is 201 Å². The minimum absolute atomic E-state index is 0.260. The minimum atomic E-state index is -0.510. The van der Waals surface area contributed by atoms with Gasteiger partial charge >= 0.3 is 0 Å². The van der Waals surface area contributed by atoms with E-state index in [1.807, 2.05) is 0 Å². The highest BCUT2D eigenvalue weighted by molar-refractivity contribution is 6.31. The van der Waals surface area contributed by atoms with Crippen LogP contribution in [0.25, 0.3) is 16.9 Å². The Morgan fingerprint density at radius 1 is 1.35 bits per heavy atom. The van der Waals surface area contributed by atoms with E-state index in [0.717, 1.165) is 25.7 Å². The van der Waals surface area contributed by atoms with Crippen molar-refractivity contribution in [3.63, 3.8) is 0 Å². The van der Waals surface area contributed by atoms with Crippen LogP contribution in [0.1, 0.15) is 36.0 Å². The molecule has 1 aliphatic carbocycles. The molecule has 5 rings (SSSR count). The molecular formula is C24H25ClN6O3. The minimum Gasteiger partial charge on any atom is -0.496 e. The number of rotatable bonds is 7. The molecule has 1 saturated carbocycles. The number of hydrogen-bond donors (Lipinski definition) is 2. The fourth-order valence-corrected chi connectivity index (χ4v) is 4.70. The quantitative estimate of drug-likeness (QED) is 0.413. The summed E-state index contributed by atoms with van der Waals surface area (Å²) >= 11 is 6.27. The Hall–Kier alpha value is -3.43. The molecule has 176 valence electrons. The van der Waals surface area contributed by atoms with Crippen molar-refractivity contribution >= 4 is 28.8 Å². The lowest BCUT2D eigenvalue weighted by Gasteiger charge is -2.17. The third kappa shape index (κ3) is 4.36. The predicted octanol–water partition coefficient (Wildman–Crippen LogP) is 4.06. The maximum atomic E-state index is 13.2. The van der Waals surface area contributed by atoms with Gasteiger partial charge in [-0.3, -0.25) is 9.48 Å². The number of hydrogen-bond acceptors (Lipinski definition) is 6. The molecule has 3 heterocycles. The summed E-state index contributed by atoms with van der Waals surface area (Å²) in [6, 6.07) is 6.97. The van der Waals surface area contributed by atoms with Crippen LogP contribution in [0.15, 0.2) is 49.1 Å². The number of benzene rings is 1. The summed E-state index contributed by atoms with van der Waals surface area (Å²) in [5, 5.41) is 23.1. The molecule has 4 aromatic rings. The van der Waals surface area contributed by atoms with Crippen LogP contribution in [0.2, 0.25) is 5.02 Å². The first-order chi connectivity index (χ1) is 16.5. The van der Waals surface area contributed by atoms with Gasteiger partial charge in [0, 0.05) is 29.2 Å². The fraction of sp³-hybridized carbons (Fsp3) is 0.333. The van der Waals surface area contributed by atoms with E-state index in [9.17, 15) is 9.90 Å². The Kier molecular flexibility index (Phi) is 6.21. The number of aliphatic hydroxyl groups excluding tert-OH is 1. The van der Waals surface area contributed by atoms with Gasteiger partial charge in [0.1, 0.15) is 17.0 Å². The average molecular weight is 481 g/mol. The third-order valence-corrected chi connectivity index (χ3v) is 6.50. The van der Waals surface area contributed by atoms with Crippen LogP contribution in [0, 0.1) is 5.92 Å². The Morgan fingerprint density at radius 2 is 2.18 bits per heavy atom. The van der Waals surface area contributed by atoms with Crippen molar-refractivity contribution < 1.29 is 14.6 Å². The SMILES string of the molecule is COc1ccc(Cl)cc1-c1nn(C[C@H](O)C2CCCC2)cc1NC(=O)c1cnn2cccnc12. The lowest BCUT2D eigenvalue weighted by atomic mass is 10.0. The van der Waals surface area contributed by atoms with Crippen LogP contribution in [-0.2, 0) is 6.54 Å². The van der Waals surface area contributed by atoms with E-state index < -0.39 is 6.10 Å². The molecule has 0 bridgehead atoms. The Balaban J connectivity index is 1.51. The highest BCUT2D eigenvalue weighted by Gasteiger charge is 2.25. The molecule has 1 fully saturated rings. The normalized spacial score (nSPS) is 15.0. The van der Waals surface area contributed by atoms with Crippen molar-refractivity contribution in [2.75, 3.05) is 12.4 Å². The second-order valence-electron chi connectivity index (χ2n) is 8.47. The van der Waals surface area contributed by atoms with Gasteiger partial charge in [-0.1, -0.05) is 24.4 Å². The van der Waals surface area contributed by atoms with E-state index >= 15 is 0 Å². The van der Waals surface area contributed by atoms with Crippen molar-refractivity contribution in [2.24, 2.45) is 5.92 Å². The van der Waals surface area contributed by atoms with Gasteiger partial charge in [0.05, 0.1) is 31.6 Å². The number of halogens is 1. The smallest absolute Gasteiger partial charge is 0.261 e.